The Morgan fingerprint density at radius 1 is 1.17 bits per heavy atom. The van der Waals surface area contributed by atoms with E-state index in [1.165, 1.54) is 10.0 Å². The highest BCUT2D eigenvalue weighted by Crippen LogP contribution is 2.22. The molecule has 0 aliphatic carbocycles. The third-order valence-electron chi connectivity index (χ3n) is 4.17. The first-order valence-corrected chi connectivity index (χ1v) is 8.05. The van der Waals surface area contributed by atoms with Gasteiger partial charge in [0, 0.05) is 19.6 Å². The molecule has 0 atom stereocenters. The highest BCUT2D eigenvalue weighted by Gasteiger charge is 2.35. The van der Waals surface area contributed by atoms with E-state index >= 15 is 0 Å². The predicted molar refractivity (Wildman–Crippen MR) is 85.3 cm³/mol. The van der Waals surface area contributed by atoms with Crippen LogP contribution >= 0.6 is 0 Å². The number of aromatic nitrogens is 3. The fourth-order valence-electron chi connectivity index (χ4n) is 3.04. The van der Waals surface area contributed by atoms with Crippen molar-refractivity contribution in [3.8, 4) is 0 Å². The Morgan fingerprint density at radius 2 is 1.83 bits per heavy atom. The van der Waals surface area contributed by atoms with Gasteiger partial charge in [0.1, 0.15) is 17.0 Å². The lowest BCUT2D eigenvalue weighted by Gasteiger charge is -2.27. The molecule has 0 unspecified atom stereocenters. The van der Waals surface area contributed by atoms with Gasteiger partial charge >= 0.3 is 0 Å². The number of carbonyl (C=O) groups is 2. The van der Waals surface area contributed by atoms with Crippen LogP contribution in [0.4, 0.5) is 0 Å². The highest BCUT2D eigenvalue weighted by molar-refractivity contribution is 5.99. The van der Waals surface area contributed by atoms with Gasteiger partial charge in [0.2, 0.25) is 0 Å². The van der Waals surface area contributed by atoms with Crippen molar-refractivity contribution in [3.63, 3.8) is 0 Å². The van der Waals surface area contributed by atoms with Crippen molar-refractivity contribution in [3.05, 3.63) is 34.5 Å². The number of hydrogen-bond donors (Lipinski definition) is 0. The molecule has 0 radical (unpaired) electrons. The number of hydrogen-bond acceptors (Lipinski definition) is 5. The molecule has 128 valence electrons. The summed E-state index contributed by atoms with van der Waals surface area (Å²) in [5.41, 5.74) is 2.23. The molecule has 1 fully saturated rings. The summed E-state index contributed by atoms with van der Waals surface area (Å²) in [7, 11) is 0. The maximum absolute atomic E-state index is 12.9. The molecule has 1 saturated heterocycles. The van der Waals surface area contributed by atoms with E-state index in [1.54, 1.807) is 24.6 Å². The molecule has 3 rings (SSSR count). The molecule has 2 amide bonds. The third kappa shape index (κ3) is 2.57. The lowest BCUT2D eigenvalue weighted by atomic mass is 10.2. The number of amides is 2. The van der Waals surface area contributed by atoms with Gasteiger partial charge in [-0.3, -0.25) is 14.3 Å². The minimum Gasteiger partial charge on any atom is -0.361 e. The van der Waals surface area contributed by atoms with Gasteiger partial charge in [0.15, 0.2) is 0 Å². The Bertz CT molecular complexity index is 772. The fraction of sp³-hybridized carbons (Fsp3) is 0.500. The van der Waals surface area contributed by atoms with Crippen molar-refractivity contribution in [2.24, 2.45) is 0 Å². The second-order valence-electron chi connectivity index (χ2n) is 5.90. The average Bonchev–Trinajstić information content (AvgIpc) is 3.25. The summed E-state index contributed by atoms with van der Waals surface area (Å²) in [6.45, 7) is 8.79. The van der Waals surface area contributed by atoms with Gasteiger partial charge in [0.05, 0.1) is 11.4 Å². The van der Waals surface area contributed by atoms with Crippen LogP contribution in [0.5, 0.6) is 0 Å². The summed E-state index contributed by atoms with van der Waals surface area (Å²) in [4.78, 5) is 25.8. The van der Waals surface area contributed by atoms with Crippen LogP contribution in [0, 0.1) is 20.8 Å². The molecule has 0 aromatic carbocycles. The van der Waals surface area contributed by atoms with Crippen LogP contribution in [-0.4, -0.2) is 49.9 Å². The maximum Gasteiger partial charge on any atom is 0.290 e. The van der Waals surface area contributed by atoms with Crippen LogP contribution in [0.1, 0.15) is 51.3 Å². The molecule has 2 aromatic heterocycles. The van der Waals surface area contributed by atoms with Gasteiger partial charge in [-0.2, -0.15) is 5.10 Å². The van der Waals surface area contributed by atoms with E-state index in [2.05, 4.69) is 10.3 Å². The summed E-state index contributed by atoms with van der Waals surface area (Å²) in [5.74, 6) is -0.00214. The average molecular weight is 331 g/mol. The first-order valence-electron chi connectivity index (χ1n) is 8.05. The lowest BCUT2D eigenvalue weighted by Crippen LogP contribution is -2.45. The molecule has 8 heteroatoms. The molecule has 1 aliphatic heterocycles. The SMILES string of the molecule is CCn1nc(C)cc1C(=O)N1CCCN1C(=O)c1c(C)noc1C. The van der Waals surface area contributed by atoms with Crippen LogP contribution in [0.3, 0.4) is 0 Å². The number of hydrazine groups is 1. The molecule has 24 heavy (non-hydrogen) atoms. The van der Waals surface area contributed by atoms with Crippen LogP contribution in [0.25, 0.3) is 0 Å². The predicted octanol–water partition coefficient (Wildman–Crippen LogP) is 1.72. The van der Waals surface area contributed by atoms with Gasteiger partial charge in [0.25, 0.3) is 11.8 Å². The zero-order valence-corrected chi connectivity index (χ0v) is 14.4. The number of aryl methyl sites for hydroxylation is 4. The van der Waals surface area contributed by atoms with E-state index in [4.69, 9.17) is 4.52 Å². The normalized spacial score (nSPS) is 14.5. The first-order chi connectivity index (χ1) is 11.4. The van der Waals surface area contributed by atoms with Crippen molar-refractivity contribution < 1.29 is 14.1 Å². The summed E-state index contributed by atoms with van der Waals surface area (Å²) < 4.78 is 6.74. The van der Waals surface area contributed by atoms with Crippen LogP contribution in [-0.2, 0) is 6.54 Å². The van der Waals surface area contributed by atoms with Gasteiger partial charge < -0.3 is 4.52 Å². The maximum atomic E-state index is 12.9. The Labute approximate surface area is 140 Å². The number of carbonyl (C=O) groups excluding carboxylic acids is 2. The summed E-state index contributed by atoms with van der Waals surface area (Å²) in [5, 5.41) is 11.1. The van der Waals surface area contributed by atoms with Crippen LogP contribution in [0.2, 0.25) is 0 Å². The molecular formula is C16H21N5O3. The van der Waals surface area contributed by atoms with Crippen molar-refractivity contribution in [1.82, 2.24) is 25.0 Å². The second kappa shape index (κ2) is 6.10. The lowest BCUT2D eigenvalue weighted by molar-refractivity contribution is 0.0177. The molecule has 0 bridgehead atoms. The van der Waals surface area contributed by atoms with Crippen LogP contribution < -0.4 is 0 Å². The van der Waals surface area contributed by atoms with Gasteiger partial charge in [-0.05, 0) is 40.2 Å². The standard InChI is InChI=1S/C16H21N5O3/c1-5-19-13(9-10(2)17-19)15(22)20-7-6-8-21(20)16(23)14-11(3)18-24-12(14)4/h9H,5-8H2,1-4H3. The largest absolute Gasteiger partial charge is 0.361 e. The van der Waals surface area contributed by atoms with E-state index in [1.807, 2.05) is 13.8 Å². The summed E-state index contributed by atoms with van der Waals surface area (Å²) in [6, 6.07) is 1.75. The van der Waals surface area contributed by atoms with E-state index in [0.717, 1.165) is 12.1 Å². The van der Waals surface area contributed by atoms with Gasteiger partial charge in [-0.1, -0.05) is 5.16 Å². The van der Waals surface area contributed by atoms with Crippen molar-refractivity contribution in [2.75, 3.05) is 13.1 Å². The van der Waals surface area contributed by atoms with Gasteiger partial charge in [-0.15, -0.1) is 0 Å². The Kier molecular flexibility index (Phi) is 4.13. The Morgan fingerprint density at radius 3 is 2.42 bits per heavy atom. The number of rotatable bonds is 3. The monoisotopic (exact) mass is 331 g/mol. The molecule has 0 spiro atoms. The Balaban J connectivity index is 1.90. The summed E-state index contributed by atoms with van der Waals surface area (Å²) >= 11 is 0. The van der Waals surface area contributed by atoms with E-state index in [9.17, 15) is 9.59 Å². The summed E-state index contributed by atoms with van der Waals surface area (Å²) in [6.07, 6.45) is 0.736. The molecule has 3 heterocycles. The molecule has 8 nitrogen and oxygen atoms in total. The highest BCUT2D eigenvalue weighted by atomic mass is 16.5. The number of nitrogens with zero attached hydrogens (tertiary/aromatic N) is 5. The van der Waals surface area contributed by atoms with Crippen molar-refractivity contribution >= 4 is 11.8 Å². The van der Waals surface area contributed by atoms with E-state index < -0.39 is 0 Å². The smallest absolute Gasteiger partial charge is 0.290 e. The zero-order valence-electron chi connectivity index (χ0n) is 14.4. The minimum absolute atomic E-state index is 0.213. The molecule has 1 aliphatic rings. The Hall–Kier alpha value is -2.64. The van der Waals surface area contributed by atoms with Crippen molar-refractivity contribution in [2.45, 2.75) is 40.7 Å². The first kappa shape index (κ1) is 16.2. The quantitative estimate of drug-likeness (QED) is 0.855. The zero-order chi connectivity index (χ0) is 17.4. The van der Waals surface area contributed by atoms with E-state index in [-0.39, 0.29) is 11.8 Å². The third-order valence-corrected chi connectivity index (χ3v) is 4.17. The molecule has 0 N–H and O–H groups in total. The molecular weight excluding hydrogens is 310 g/mol. The van der Waals surface area contributed by atoms with E-state index in [0.29, 0.717) is 42.3 Å². The second-order valence-corrected chi connectivity index (χ2v) is 5.90. The molecule has 0 saturated carbocycles. The van der Waals surface area contributed by atoms with Crippen LogP contribution in [0.15, 0.2) is 10.6 Å². The topological polar surface area (TPSA) is 84.5 Å². The fourth-order valence-corrected chi connectivity index (χ4v) is 3.04. The minimum atomic E-state index is -0.253. The van der Waals surface area contributed by atoms with Crippen molar-refractivity contribution in [1.29, 1.82) is 0 Å². The molecule has 2 aromatic rings. The van der Waals surface area contributed by atoms with Gasteiger partial charge in [-0.25, -0.2) is 10.0 Å².